The van der Waals surface area contributed by atoms with Crippen LogP contribution in [0.25, 0.3) is 0 Å². The van der Waals surface area contributed by atoms with E-state index in [1.807, 2.05) is 0 Å². The molecule has 26 heavy (non-hydrogen) atoms. The first-order valence-corrected chi connectivity index (χ1v) is 11.1. The molecule has 0 bridgehead atoms. The lowest BCUT2D eigenvalue weighted by molar-refractivity contribution is -0.116. The molecule has 0 radical (unpaired) electrons. The zero-order valence-corrected chi connectivity index (χ0v) is 15.9. The average Bonchev–Trinajstić information content (AvgIpc) is 3.25. The van der Waals surface area contributed by atoms with Gasteiger partial charge in [-0.25, -0.2) is 4.99 Å². The van der Waals surface area contributed by atoms with Crippen LogP contribution in [0.5, 0.6) is 0 Å². The van der Waals surface area contributed by atoms with Crippen molar-refractivity contribution in [2.75, 3.05) is 10.7 Å². The number of hydrogen-bond donors (Lipinski definition) is 0. The molecule has 0 saturated heterocycles. The van der Waals surface area contributed by atoms with Crippen LogP contribution in [-0.2, 0) is 9.53 Å². The molecule has 4 nitrogen and oxygen atoms in total. The first kappa shape index (κ1) is 16.7. The highest BCUT2D eigenvalue weighted by Crippen LogP contribution is 2.47. The zero-order chi connectivity index (χ0) is 17.5. The Bertz CT molecular complexity index is 734. The first-order chi connectivity index (χ1) is 12.8. The minimum Gasteiger partial charge on any atom is -0.467 e. The third kappa shape index (κ3) is 2.84. The molecule has 1 amide bonds. The Kier molecular flexibility index (Phi) is 4.43. The highest BCUT2D eigenvalue weighted by molar-refractivity contribution is 8.14. The maximum Gasteiger partial charge on any atom is 0.247 e. The van der Waals surface area contributed by atoms with Gasteiger partial charge in [0, 0.05) is 17.6 Å². The van der Waals surface area contributed by atoms with Crippen molar-refractivity contribution in [2.24, 2.45) is 4.99 Å². The maximum absolute atomic E-state index is 13.1. The Hall–Kier alpha value is -1.49. The number of nitrogens with zero attached hydrogens (tertiary/aromatic N) is 2. The van der Waals surface area contributed by atoms with Crippen LogP contribution in [0.4, 0.5) is 5.69 Å². The van der Waals surface area contributed by atoms with E-state index in [1.165, 1.54) is 49.4 Å². The molecular weight excluding hydrogens is 344 g/mol. The third-order valence-corrected chi connectivity index (χ3v) is 7.28. The fourth-order valence-electron chi connectivity index (χ4n) is 5.22. The Balaban J connectivity index is 1.29. The van der Waals surface area contributed by atoms with E-state index >= 15 is 0 Å². The second-order valence-corrected chi connectivity index (χ2v) is 8.90. The summed E-state index contributed by atoms with van der Waals surface area (Å²) >= 11 is 1.50. The molecule has 2 aliphatic carbocycles. The number of para-hydroxylation sites is 1. The van der Waals surface area contributed by atoms with Gasteiger partial charge in [0.25, 0.3) is 0 Å². The van der Waals surface area contributed by atoms with Gasteiger partial charge in [0.1, 0.15) is 6.10 Å². The quantitative estimate of drug-likeness (QED) is 0.770. The Morgan fingerprint density at radius 1 is 1.12 bits per heavy atom. The number of thioether (sulfide) groups is 1. The predicted octanol–water partition coefficient (Wildman–Crippen LogP) is 4.49. The topological polar surface area (TPSA) is 41.9 Å². The monoisotopic (exact) mass is 370 g/mol. The van der Waals surface area contributed by atoms with Crippen molar-refractivity contribution in [3.8, 4) is 0 Å². The summed E-state index contributed by atoms with van der Waals surface area (Å²) in [5, 5.41) is 0.739. The summed E-state index contributed by atoms with van der Waals surface area (Å²) in [4.78, 5) is 19.9. The van der Waals surface area contributed by atoms with Gasteiger partial charge in [-0.05, 0) is 43.7 Å². The molecule has 5 heteroatoms. The van der Waals surface area contributed by atoms with Gasteiger partial charge in [-0.1, -0.05) is 49.2 Å². The largest absolute Gasteiger partial charge is 0.467 e. The van der Waals surface area contributed by atoms with E-state index in [-0.39, 0.29) is 12.0 Å². The predicted molar refractivity (Wildman–Crippen MR) is 106 cm³/mol. The molecule has 2 saturated carbocycles. The van der Waals surface area contributed by atoms with E-state index in [0.717, 1.165) is 30.2 Å². The lowest BCUT2D eigenvalue weighted by Crippen LogP contribution is -2.41. The van der Waals surface area contributed by atoms with Gasteiger partial charge < -0.3 is 9.64 Å². The van der Waals surface area contributed by atoms with E-state index in [9.17, 15) is 4.79 Å². The van der Waals surface area contributed by atoms with Crippen LogP contribution in [-0.4, -0.2) is 35.1 Å². The van der Waals surface area contributed by atoms with E-state index < -0.39 is 0 Å². The summed E-state index contributed by atoms with van der Waals surface area (Å²) in [6.45, 7) is 0. The smallest absolute Gasteiger partial charge is 0.247 e. The number of fused-ring (bicyclic) bond motifs is 4. The van der Waals surface area contributed by atoms with Gasteiger partial charge in [0.15, 0.2) is 0 Å². The summed E-state index contributed by atoms with van der Waals surface area (Å²) in [6, 6.07) is 9.18. The number of carbonyl (C=O) groups is 1. The molecule has 0 spiro atoms. The van der Waals surface area contributed by atoms with E-state index in [0.29, 0.717) is 23.8 Å². The number of anilines is 1. The number of hydrogen-bond acceptors (Lipinski definition) is 4. The molecule has 2 fully saturated rings. The average molecular weight is 371 g/mol. The van der Waals surface area contributed by atoms with Crippen molar-refractivity contribution >= 4 is 28.6 Å². The van der Waals surface area contributed by atoms with Crippen molar-refractivity contribution in [2.45, 2.75) is 75.5 Å². The lowest BCUT2D eigenvalue weighted by atomic mass is 9.82. The maximum atomic E-state index is 13.1. The lowest BCUT2D eigenvalue weighted by Gasteiger charge is -2.32. The molecule has 0 unspecified atom stereocenters. The highest BCUT2D eigenvalue weighted by atomic mass is 32.2. The third-order valence-electron chi connectivity index (χ3n) is 6.44. The van der Waals surface area contributed by atoms with Crippen molar-refractivity contribution < 1.29 is 9.53 Å². The van der Waals surface area contributed by atoms with E-state index in [4.69, 9.17) is 9.73 Å². The number of carbonyl (C=O) groups excluding carboxylic acids is 1. The van der Waals surface area contributed by atoms with Gasteiger partial charge in [-0.3, -0.25) is 4.79 Å². The normalized spacial score (nSPS) is 32.3. The molecule has 4 aliphatic rings. The fourth-order valence-corrected chi connectivity index (χ4v) is 6.01. The zero-order valence-electron chi connectivity index (χ0n) is 15.1. The second kappa shape index (κ2) is 6.91. The summed E-state index contributed by atoms with van der Waals surface area (Å²) in [5.41, 5.74) is 2.51. The molecule has 4 atom stereocenters. The molecule has 2 heterocycles. The number of ether oxygens (including phenoxy) is 1. The van der Waals surface area contributed by atoms with E-state index in [2.05, 4.69) is 29.2 Å². The Morgan fingerprint density at radius 3 is 2.85 bits per heavy atom. The second-order valence-electron chi connectivity index (χ2n) is 7.97. The van der Waals surface area contributed by atoms with E-state index in [1.54, 1.807) is 0 Å². The van der Waals surface area contributed by atoms with Gasteiger partial charge in [-0.2, -0.15) is 0 Å². The summed E-state index contributed by atoms with van der Waals surface area (Å²) in [5.74, 6) is 1.16. The van der Waals surface area contributed by atoms with Crippen LogP contribution >= 0.6 is 11.8 Å². The summed E-state index contributed by atoms with van der Waals surface area (Å²) < 4.78 is 6.00. The van der Waals surface area contributed by atoms with Crippen molar-refractivity contribution in [3.05, 3.63) is 29.8 Å². The number of amides is 1. The fraction of sp³-hybridized carbons (Fsp3) is 0.619. The molecule has 1 aromatic rings. The van der Waals surface area contributed by atoms with Crippen molar-refractivity contribution in [1.82, 2.24) is 0 Å². The molecular formula is C21H26N2O2S. The minimum atomic E-state index is 0.207. The molecule has 138 valence electrons. The van der Waals surface area contributed by atoms with Crippen molar-refractivity contribution in [1.29, 1.82) is 0 Å². The summed E-state index contributed by atoms with van der Waals surface area (Å²) in [7, 11) is 0. The van der Waals surface area contributed by atoms with Gasteiger partial charge in [0.2, 0.25) is 11.1 Å². The SMILES string of the molecule is O=C(CSC1=N[C@@H]2CCCC[C@@H]2O1)N1c2ccccc2[C@@H]2CCCC[C@@H]21. The number of benzene rings is 1. The van der Waals surface area contributed by atoms with Gasteiger partial charge >= 0.3 is 0 Å². The first-order valence-electron chi connectivity index (χ1n) is 10.1. The van der Waals surface area contributed by atoms with Gasteiger partial charge in [-0.15, -0.1) is 0 Å². The standard InChI is InChI=1S/C21H26N2O2S/c24-20(13-26-21-22-16-9-3-6-12-19(16)25-21)23-17-10-4-1-7-14(17)15-8-2-5-11-18(15)23/h1,4,7,10,15-16,18-19H,2-3,5-6,8-9,11-13H2/t15-,16+,18-,19-/m0/s1. The highest BCUT2D eigenvalue weighted by Gasteiger charge is 2.42. The van der Waals surface area contributed by atoms with Crippen LogP contribution in [0.1, 0.15) is 62.8 Å². The Labute approximate surface area is 159 Å². The molecule has 1 aromatic carbocycles. The minimum absolute atomic E-state index is 0.207. The number of aliphatic imine (C=N–C) groups is 1. The Morgan fingerprint density at radius 2 is 1.92 bits per heavy atom. The van der Waals surface area contributed by atoms with Crippen LogP contribution in [0, 0.1) is 0 Å². The molecule has 0 aromatic heterocycles. The molecule has 2 aliphatic heterocycles. The van der Waals surface area contributed by atoms with Crippen molar-refractivity contribution in [3.63, 3.8) is 0 Å². The van der Waals surface area contributed by atoms with Crippen LogP contribution < -0.4 is 4.90 Å². The molecule has 5 rings (SSSR count). The summed E-state index contributed by atoms with van der Waals surface area (Å²) in [6.07, 6.45) is 9.82. The van der Waals surface area contributed by atoms with Crippen LogP contribution in [0.15, 0.2) is 29.3 Å². The molecule has 0 N–H and O–H groups in total. The van der Waals surface area contributed by atoms with Crippen LogP contribution in [0.2, 0.25) is 0 Å². The number of rotatable bonds is 2. The van der Waals surface area contributed by atoms with Gasteiger partial charge in [0.05, 0.1) is 11.8 Å². The van der Waals surface area contributed by atoms with Crippen LogP contribution in [0.3, 0.4) is 0 Å².